The fraction of sp³-hybridized carbons (Fsp3) is 0.571. The van der Waals surface area contributed by atoms with Gasteiger partial charge in [0.15, 0.2) is 0 Å². The molecule has 20 heavy (non-hydrogen) atoms. The number of alkyl carbamates (subject to hydrolysis) is 1. The Kier molecular flexibility index (Phi) is 4.38. The van der Waals surface area contributed by atoms with Crippen molar-refractivity contribution in [1.29, 1.82) is 0 Å². The highest BCUT2D eigenvalue weighted by Gasteiger charge is 2.26. The number of hydrogen-bond donors (Lipinski definition) is 1. The van der Waals surface area contributed by atoms with Crippen molar-refractivity contribution in [1.82, 2.24) is 10.3 Å². The van der Waals surface area contributed by atoms with E-state index in [4.69, 9.17) is 16.3 Å². The first-order chi connectivity index (χ1) is 9.33. The molecule has 0 saturated carbocycles. The smallest absolute Gasteiger partial charge is 0.407 e. The Balaban J connectivity index is 1.86. The fourth-order valence-corrected chi connectivity index (χ4v) is 2.23. The third-order valence-corrected chi connectivity index (χ3v) is 3.17. The van der Waals surface area contributed by atoms with Gasteiger partial charge in [-0.05, 0) is 39.3 Å². The maximum atomic E-state index is 11.7. The van der Waals surface area contributed by atoms with Gasteiger partial charge >= 0.3 is 6.09 Å². The molecule has 1 aromatic heterocycles. The Morgan fingerprint density at radius 1 is 1.50 bits per heavy atom. The van der Waals surface area contributed by atoms with Crippen LogP contribution in [0.25, 0.3) is 0 Å². The molecule has 1 aromatic rings. The molecule has 2 heterocycles. The standard InChI is InChI=1S/C14H20ClN3O2/c1-14(2,3)20-13(19)17-11-6-7-18(9-11)12-5-4-10(15)8-16-12/h4-5,8,11H,6-7,9H2,1-3H3,(H,17,19)/t11-/m1/s1. The number of carbonyl (C=O) groups is 1. The maximum Gasteiger partial charge on any atom is 0.407 e. The summed E-state index contributed by atoms with van der Waals surface area (Å²) in [6.07, 6.45) is 2.14. The van der Waals surface area contributed by atoms with Gasteiger partial charge in [-0.2, -0.15) is 0 Å². The fourth-order valence-electron chi connectivity index (χ4n) is 2.12. The number of nitrogens with one attached hydrogen (secondary N) is 1. The predicted octanol–water partition coefficient (Wildman–Crippen LogP) is 2.84. The van der Waals surface area contributed by atoms with Gasteiger partial charge in [0.05, 0.1) is 11.1 Å². The van der Waals surface area contributed by atoms with Crippen LogP contribution in [-0.4, -0.2) is 35.8 Å². The molecule has 1 N–H and O–H groups in total. The van der Waals surface area contributed by atoms with Gasteiger partial charge in [0.25, 0.3) is 0 Å². The van der Waals surface area contributed by atoms with Crippen molar-refractivity contribution in [3.63, 3.8) is 0 Å². The van der Waals surface area contributed by atoms with E-state index in [0.717, 1.165) is 25.3 Å². The Labute approximate surface area is 124 Å². The third kappa shape index (κ3) is 4.27. The van der Waals surface area contributed by atoms with Crippen LogP contribution in [0.1, 0.15) is 27.2 Å². The van der Waals surface area contributed by atoms with Gasteiger partial charge in [0.2, 0.25) is 0 Å². The van der Waals surface area contributed by atoms with Crippen LogP contribution >= 0.6 is 11.6 Å². The van der Waals surface area contributed by atoms with Crippen LogP contribution < -0.4 is 10.2 Å². The van der Waals surface area contributed by atoms with Crippen molar-refractivity contribution in [3.05, 3.63) is 23.4 Å². The molecule has 1 saturated heterocycles. The van der Waals surface area contributed by atoms with Crippen LogP contribution in [0.15, 0.2) is 18.3 Å². The quantitative estimate of drug-likeness (QED) is 0.912. The van der Waals surface area contributed by atoms with Crippen LogP contribution in [-0.2, 0) is 4.74 Å². The SMILES string of the molecule is CC(C)(C)OC(=O)N[C@@H]1CCN(c2ccc(Cl)cn2)C1. The molecule has 1 aliphatic heterocycles. The topological polar surface area (TPSA) is 54.5 Å². The molecule has 1 aliphatic rings. The van der Waals surface area contributed by atoms with Gasteiger partial charge in [-0.3, -0.25) is 0 Å². The van der Waals surface area contributed by atoms with E-state index in [1.54, 1.807) is 6.20 Å². The number of carbonyl (C=O) groups excluding carboxylic acids is 1. The number of pyridine rings is 1. The normalized spacial score (nSPS) is 19.0. The van der Waals surface area contributed by atoms with Gasteiger partial charge in [-0.25, -0.2) is 9.78 Å². The number of anilines is 1. The zero-order valence-corrected chi connectivity index (χ0v) is 12.8. The minimum atomic E-state index is -0.472. The lowest BCUT2D eigenvalue weighted by molar-refractivity contribution is 0.0509. The monoisotopic (exact) mass is 297 g/mol. The van der Waals surface area contributed by atoms with Crippen molar-refractivity contribution < 1.29 is 9.53 Å². The molecule has 0 radical (unpaired) electrons. The number of rotatable bonds is 2. The summed E-state index contributed by atoms with van der Waals surface area (Å²) >= 11 is 5.82. The van der Waals surface area contributed by atoms with Crippen molar-refractivity contribution in [3.8, 4) is 0 Å². The van der Waals surface area contributed by atoms with Crippen molar-refractivity contribution in [2.75, 3.05) is 18.0 Å². The van der Waals surface area contributed by atoms with E-state index >= 15 is 0 Å². The number of ether oxygens (including phenoxy) is 1. The first kappa shape index (κ1) is 14.9. The van der Waals surface area contributed by atoms with E-state index in [2.05, 4.69) is 15.2 Å². The lowest BCUT2D eigenvalue weighted by atomic mass is 10.2. The van der Waals surface area contributed by atoms with E-state index < -0.39 is 5.60 Å². The Morgan fingerprint density at radius 2 is 2.25 bits per heavy atom. The average Bonchev–Trinajstić information content (AvgIpc) is 2.75. The summed E-state index contributed by atoms with van der Waals surface area (Å²) in [7, 11) is 0. The zero-order valence-electron chi connectivity index (χ0n) is 12.0. The van der Waals surface area contributed by atoms with E-state index in [-0.39, 0.29) is 12.1 Å². The highest BCUT2D eigenvalue weighted by Crippen LogP contribution is 2.19. The Hall–Kier alpha value is -1.49. The van der Waals surface area contributed by atoms with Crippen molar-refractivity contribution >= 4 is 23.5 Å². The molecule has 0 spiro atoms. The molecule has 5 nitrogen and oxygen atoms in total. The molecule has 0 bridgehead atoms. The van der Waals surface area contributed by atoms with Crippen LogP contribution in [0.2, 0.25) is 5.02 Å². The molecule has 1 fully saturated rings. The van der Waals surface area contributed by atoms with E-state index in [0.29, 0.717) is 5.02 Å². The first-order valence-corrected chi connectivity index (χ1v) is 7.07. The number of halogens is 1. The third-order valence-electron chi connectivity index (χ3n) is 2.94. The first-order valence-electron chi connectivity index (χ1n) is 6.69. The number of hydrogen-bond acceptors (Lipinski definition) is 4. The maximum absolute atomic E-state index is 11.7. The summed E-state index contributed by atoms with van der Waals surface area (Å²) in [6.45, 7) is 7.14. The molecule has 2 rings (SSSR count). The van der Waals surface area contributed by atoms with Crippen LogP contribution in [0.4, 0.5) is 10.6 Å². The molecule has 1 amide bonds. The van der Waals surface area contributed by atoms with Crippen LogP contribution in [0, 0.1) is 0 Å². The Morgan fingerprint density at radius 3 is 2.85 bits per heavy atom. The van der Waals surface area contributed by atoms with Crippen LogP contribution in [0.5, 0.6) is 0 Å². The Bertz CT molecular complexity index is 470. The molecule has 0 aliphatic carbocycles. The molecule has 6 heteroatoms. The van der Waals surface area contributed by atoms with Gasteiger partial charge in [-0.15, -0.1) is 0 Å². The summed E-state index contributed by atoms with van der Waals surface area (Å²) < 4.78 is 5.25. The highest BCUT2D eigenvalue weighted by atomic mass is 35.5. The van der Waals surface area contributed by atoms with Crippen molar-refractivity contribution in [2.45, 2.75) is 38.8 Å². The lowest BCUT2D eigenvalue weighted by Crippen LogP contribution is -2.40. The van der Waals surface area contributed by atoms with Crippen LogP contribution in [0.3, 0.4) is 0 Å². The molecule has 110 valence electrons. The summed E-state index contributed by atoms with van der Waals surface area (Å²) in [6, 6.07) is 3.79. The summed E-state index contributed by atoms with van der Waals surface area (Å²) in [4.78, 5) is 18.1. The summed E-state index contributed by atoms with van der Waals surface area (Å²) in [5.74, 6) is 0.878. The summed E-state index contributed by atoms with van der Waals surface area (Å²) in [5.41, 5.74) is -0.472. The number of nitrogens with zero attached hydrogens (tertiary/aromatic N) is 2. The molecular weight excluding hydrogens is 278 g/mol. The van der Waals surface area contributed by atoms with Crippen molar-refractivity contribution in [2.24, 2.45) is 0 Å². The second-order valence-electron chi connectivity index (χ2n) is 5.91. The second-order valence-corrected chi connectivity index (χ2v) is 6.35. The molecule has 1 atom stereocenters. The van der Waals surface area contributed by atoms with E-state index in [1.807, 2.05) is 32.9 Å². The van der Waals surface area contributed by atoms with Gasteiger partial charge in [-0.1, -0.05) is 11.6 Å². The van der Waals surface area contributed by atoms with Gasteiger partial charge in [0.1, 0.15) is 11.4 Å². The second kappa shape index (κ2) is 5.87. The predicted molar refractivity (Wildman–Crippen MR) is 79.2 cm³/mol. The summed E-state index contributed by atoms with van der Waals surface area (Å²) in [5, 5.41) is 3.51. The largest absolute Gasteiger partial charge is 0.444 e. The zero-order chi connectivity index (χ0) is 14.8. The van der Waals surface area contributed by atoms with E-state index in [1.165, 1.54) is 0 Å². The lowest BCUT2D eigenvalue weighted by Gasteiger charge is -2.22. The van der Waals surface area contributed by atoms with E-state index in [9.17, 15) is 4.79 Å². The average molecular weight is 298 g/mol. The molecule has 0 aromatic carbocycles. The molecule has 0 unspecified atom stereocenters. The number of amides is 1. The van der Waals surface area contributed by atoms with Gasteiger partial charge in [0, 0.05) is 19.3 Å². The minimum Gasteiger partial charge on any atom is -0.444 e. The van der Waals surface area contributed by atoms with Gasteiger partial charge < -0.3 is 15.0 Å². The number of aromatic nitrogens is 1. The highest BCUT2D eigenvalue weighted by molar-refractivity contribution is 6.30. The molecular formula is C14H20ClN3O2. The minimum absolute atomic E-state index is 0.0855.